The van der Waals surface area contributed by atoms with E-state index in [9.17, 15) is 43.8 Å². The van der Waals surface area contributed by atoms with Crippen LogP contribution in [-0.4, -0.2) is 115 Å². The number of hydrogen-bond acceptors (Lipinski definition) is 11. The lowest BCUT2D eigenvalue weighted by molar-refractivity contribution is -0.139. The van der Waals surface area contributed by atoms with Crippen LogP contribution >= 0.6 is 27.7 Å². The number of aromatic amines is 2. The van der Waals surface area contributed by atoms with Crippen molar-refractivity contribution < 1.29 is 38.9 Å². The maximum Gasteiger partial charge on any atom is 0.331 e. The monoisotopic (exact) mass is 925 g/mol. The van der Waals surface area contributed by atoms with Crippen molar-refractivity contribution >= 4 is 68.3 Å². The first-order valence-corrected chi connectivity index (χ1v) is 21.3. The Labute approximate surface area is 362 Å². The second-order valence-electron chi connectivity index (χ2n) is 14.4. The van der Waals surface area contributed by atoms with Gasteiger partial charge in [-0.25, -0.2) is 14.4 Å². The number of aliphatic carboxylic acids is 1. The van der Waals surface area contributed by atoms with Gasteiger partial charge in [0.05, 0.1) is 12.1 Å². The Morgan fingerprint density at radius 2 is 1.79 bits per heavy atom. The number of urea groups is 1. The summed E-state index contributed by atoms with van der Waals surface area (Å²) in [6, 6.07) is 8.52. The Hall–Kier alpha value is -5.90. The van der Waals surface area contributed by atoms with Gasteiger partial charge in [-0.15, -0.1) is 0 Å². The third kappa shape index (κ3) is 12.1. The third-order valence-electron chi connectivity index (χ3n) is 10.1. The molecule has 326 valence electrons. The molecular formula is C40H48BrN9O10S. The molecule has 7 unspecified atom stereocenters. The molecular weight excluding hydrogens is 878 g/mol. The maximum atomic E-state index is 14.1. The number of likely N-dealkylation sites (N-methyl/N-ethyl adjacent to an activating group) is 1. The predicted octanol–water partition coefficient (Wildman–Crippen LogP) is 1.04. The standard InChI is InChI=1S/C40H48BrN9O10S/c1-21(49(2)36(55)27(42)16-22-7-6-8-24(41)15-22)33(35(54)44-20-25-18-31(51)37(60-25)50-13-11-32(52)47-40(50)59)48-34(53)29(12-14-61-3)45-39(58)46-30(38(56)57)17-23-19-43-28-10-5-4-9-26(23)28/h4-11,13,15,19-21,27,29-31,33,37,43,51H,12,14,16-18,42H2,1-3H3,(H,44,54)(H,48,53)(H,56,57)(H2,45,46,58)(H,47,52,59). The number of hydrogen-bond donors (Lipinski definition) is 9. The highest BCUT2D eigenvalue weighted by atomic mass is 79.9. The molecule has 2 aromatic heterocycles. The lowest BCUT2D eigenvalue weighted by atomic mass is 10.0. The molecule has 0 radical (unpaired) electrons. The summed E-state index contributed by atoms with van der Waals surface area (Å²) in [5.41, 5.74) is 7.11. The summed E-state index contributed by atoms with van der Waals surface area (Å²) in [5.74, 6) is -3.03. The highest BCUT2D eigenvalue weighted by Gasteiger charge is 2.37. The fourth-order valence-electron chi connectivity index (χ4n) is 6.73. The summed E-state index contributed by atoms with van der Waals surface area (Å²) in [7, 11) is 1.43. The zero-order chi connectivity index (χ0) is 44.4. The fraction of sp³-hybridized carbons (Fsp3) is 0.375. The Balaban J connectivity index is 1.34. The summed E-state index contributed by atoms with van der Waals surface area (Å²) in [6.45, 7) is 1.52. The zero-order valence-corrected chi connectivity index (χ0v) is 35.8. The number of para-hydroxylation sites is 1. The van der Waals surface area contributed by atoms with E-state index in [1.807, 2.05) is 42.5 Å². The molecule has 5 amide bonds. The first kappa shape index (κ1) is 46.2. The van der Waals surface area contributed by atoms with E-state index in [1.165, 1.54) is 30.6 Å². The van der Waals surface area contributed by atoms with Crippen LogP contribution in [0.2, 0.25) is 0 Å². The lowest BCUT2D eigenvalue weighted by Gasteiger charge is -2.34. The number of aromatic nitrogens is 3. The second kappa shape index (κ2) is 21.1. The first-order valence-electron chi connectivity index (χ1n) is 19.1. The molecule has 0 bridgehead atoms. The van der Waals surface area contributed by atoms with Crippen molar-refractivity contribution in [1.29, 1.82) is 0 Å². The lowest BCUT2D eigenvalue weighted by Crippen LogP contribution is -2.62. The van der Waals surface area contributed by atoms with E-state index in [-0.39, 0.29) is 31.4 Å². The van der Waals surface area contributed by atoms with Crippen LogP contribution in [0.4, 0.5) is 4.79 Å². The zero-order valence-electron chi connectivity index (χ0n) is 33.4. The van der Waals surface area contributed by atoms with Crippen molar-refractivity contribution in [1.82, 2.24) is 40.7 Å². The number of rotatable bonds is 18. The number of carboxylic acid groups (broad SMARTS) is 1. The van der Waals surface area contributed by atoms with E-state index in [0.29, 0.717) is 11.3 Å². The number of carboxylic acids is 1. The Bertz CT molecular complexity index is 2390. The Morgan fingerprint density at radius 1 is 1.05 bits per heavy atom. The van der Waals surface area contributed by atoms with Gasteiger partial charge in [-0.05, 0) is 61.1 Å². The minimum absolute atomic E-state index is 0.0546. The van der Waals surface area contributed by atoms with Crippen LogP contribution in [0.3, 0.4) is 0 Å². The van der Waals surface area contributed by atoms with Gasteiger partial charge < -0.3 is 51.8 Å². The van der Waals surface area contributed by atoms with Gasteiger partial charge in [-0.3, -0.25) is 28.7 Å². The summed E-state index contributed by atoms with van der Waals surface area (Å²) < 4.78 is 7.50. The minimum atomic E-state index is -1.48. The van der Waals surface area contributed by atoms with Gasteiger partial charge in [-0.1, -0.05) is 46.3 Å². The number of nitrogens with zero attached hydrogens (tertiary/aromatic N) is 2. The van der Waals surface area contributed by atoms with Crippen LogP contribution in [0.5, 0.6) is 0 Å². The van der Waals surface area contributed by atoms with E-state index in [2.05, 4.69) is 47.2 Å². The third-order valence-corrected chi connectivity index (χ3v) is 11.3. The smallest absolute Gasteiger partial charge is 0.331 e. The number of aliphatic hydroxyl groups excluding tert-OH is 1. The second-order valence-corrected chi connectivity index (χ2v) is 16.3. The predicted molar refractivity (Wildman–Crippen MR) is 230 cm³/mol. The van der Waals surface area contributed by atoms with Gasteiger partial charge in [0.1, 0.15) is 30.0 Å². The molecule has 21 heteroatoms. The largest absolute Gasteiger partial charge is 0.480 e. The van der Waals surface area contributed by atoms with Crippen LogP contribution in [0.25, 0.3) is 10.9 Å². The van der Waals surface area contributed by atoms with Crippen LogP contribution in [0, 0.1) is 0 Å². The topological polar surface area (TPSA) is 283 Å². The summed E-state index contributed by atoms with van der Waals surface area (Å²) in [5, 5.41) is 31.7. The van der Waals surface area contributed by atoms with E-state index < -0.39 is 83.5 Å². The molecule has 1 aliphatic rings. The normalized spacial score (nSPS) is 18.0. The molecule has 0 spiro atoms. The van der Waals surface area contributed by atoms with Crippen molar-refractivity contribution in [2.24, 2.45) is 5.73 Å². The molecule has 2 aromatic carbocycles. The van der Waals surface area contributed by atoms with Gasteiger partial charge in [0, 0.05) is 59.9 Å². The molecule has 3 heterocycles. The average molecular weight is 927 g/mol. The number of aliphatic hydroxyl groups is 1. The van der Waals surface area contributed by atoms with E-state index in [4.69, 9.17) is 10.5 Å². The van der Waals surface area contributed by atoms with Crippen molar-refractivity contribution in [3.63, 3.8) is 0 Å². The molecule has 61 heavy (non-hydrogen) atoms. The number of halogens is 1. The average Bonchev–Trinajstić information content (AvgIpc) is 3.81. The van der Waals surface area contributed by atoms with E-state index in [0.717, 1.165) is 44.0 Å². The summed E-state index contributed by atoms with van der Waals surface area (Å²) in [6.07, 6.45) is 3.34. The molecule has 0 aliphatic carbocycles. The number of fused-ring (bicyclic) bond motifs is 1. The van der Waals surface area contributed by atoms with Crippen molar-refractivity contribution in [3.05, 3.63) is 115 Å². The molecule has 1 saturated heterocycles. The number of carbonyl (C=O) groups excluding carboxylic acids is 4. The first-order chi connectivity index (χ1) is 29.1. The van der Waals surface area contributed by atoms with Crippen LogP contribution in [-0.2, 0) is 36.8 Å². The number of thioether (sulfide) groups is 1. The summed E-state index contributed by atoms with van der Waals surface area (Å²) in [4.78, 5) is 97.7. The van der Waals surface area contributed by atoms with Crippen molar-refractivity contribution in [3.8, 4) is 0 Å². The molecule has 1 fully saturated rings. The Kier molecular flexibility index (Phi) is 15.9. The van der Waals surface area contributed by atoms with E-state index >= 15 is 0 Å². The molecule has 5 rings (SSSR count). The number of nitrogens with two attached hydrogens (primary N) is 1. The minimum Gasteiger partial charge on any atom is -0.480 e. The van der Waals surface area contributed by atoms with Crippen LogP contribution in [0.15, 0.2) is 93.0 Å². The van der Waals surface area contributed by atoms with Gasteiger partial charge >= 0.3 is 17.7 Å². The number of nitrogens with one attached hydrogen (secondary N) is 6. The maximum absolute atomic E-state index is 14.1. The number of amides is 5. The van der Waals surface area contributed by atoms with Gasteiger partial charge in [0.25, 0.3) is 5.56 Å². The molecule has 4 aromatic rings. The van der Waals surface area contributed by atoms with Gasteiger partial charge in [-0.2, -0.15) is 11.8 Å². The van der Waals surface area contributed by atoms with Crippen LogP contribution in [0.1, 0.15) is 37.1 Å². The number of H-pyrrole nitrogens is 2. The highest BCUT2D eigenvalue weighted by molar-refractivity contribution is 9.10. The molecule has 1 aliphatic heterocycles. The quantitative estimate of drug-likeness (QED) is 0.0677. The number of benzene rings is 2. The molecule has 7 atom stereocenters. The fourth-order valence-corrected chi connectivity index (χ4v) is 7.64. The molecule has 0 saturated carbocycles. The SMILES string of the molecule is CSCCC(NC(=O)NC(Cc1c[nH]c2ccccc12)C(=O)O)C(=O)NC(C(=O)NC=C1CC(O)C(n2ccc(=O)[nH]c2=O)O1)C(C)N(C)C(=O)C(N)Cc1cccc(Br)c1. The van der Waals surface area contributed by atoms with Gasteiger partial charge in [0.15, 0.2) is 0 Å². The number of carbonyl (C=O) groups is 5. The van der Waals surface area contributed by atoms with Gasteiger partial charge in [0.2, 0.25) is 23.9 Å². The summed E-state index contributed by atoms with van der Waals surface area (Å²) >= 11 is 4.79. The number of ether oxygens (including phenoxy) is 1. The van der Waals surface area contributed by atoms with Crippen LogP contribution < -0.4 is 38.2 Å². The molecule has 19 nitrogen and oxygen atoms in total. The van der Waals surface area contributed by atoms with E-state index in [1.54, 1.807) is 18.5 Å². The van der Waals surface area contributed by atoms with Crippen molar-refractivity contribution in [2.75, 3.05) is 19.1 Å². The molecule has 10 N–H and O–H groups in total. The highest BCUT2D eigenvalue weighted by Crippen LogP contribution is 2.30. The van der Waals surface area contributed by atoms with Crippen molar-refractivity contribution in [2.45, 2.75) is 75.1 Å². The Morgan fingerprint density at radius 3 is 2.49 bits per heavy atom.